The molecule has 2 fully saturated rings. The highest BCUT2D eigenvalue weighted by atomic mass is 16.5. The quantitative estimate of drug-likeness (QED) is 0.734. The van der Waals surface area contributed by atoms with Crippen LogP contribution in [0.2, 0.25) is 0 Å². The summed E-state index contributed by atoms with van der Waals surface area (Å²) in [7, 11) is 1.71. The highest BCUT2D eigenvalue weighted by molar-refractivity contribution is 5.86. The van der Waals surface area contributed by atoms with E-state index in [1.54, 1.807) is 23.8 Å². The number of esters is 1. The van der Waals surface area contributed by atoms with Gasteiger partial charge in [0.1, 0.15) is 6.61 Å². The third kappa shape index (κ3) is 4.19. The molecule has 1 aromatic carbocycles. The molecule has 7 heteroatoms. The fraction of sp³-hybridized carbons (Fsp3) is 0.571. The van der Waals surface area contributed by atoms with E-state index in [9.17, 15) is 14.4 Å². The number of rotatable bonds is 4. The van der Waals surface area contributed by atoms with E-state index in [2.05, 4.69) is 0 Å². The lowest BCUT2D eigenvalue weighted by Crippen LogP contribution is -2.55. The summed E-state index contributed by atoms with van der Waals surface area (Å²) >= 11 is 0. The van der Waals surface area contributed by atoms with Gasteiger partial charge in [0, 0.05) is 20.1 Å². The number of hydrogen-bond acceptors (Lipinski definition) is 5. The molecular weight excluding hydrogens is 360 g/mol. The molecule has 2 atom stereocenters. The summed E-state index contributed by atoms with van der Waals surface area (Å²) < 4.78 is 10.8. The third-order valence-electron chi connectivity index (χ3n) is 5.57. The molecule has 2 aliphatic rings. The molecule has 152 valence electrons. The fourth-order valence-electron chi connectivity index (χ4n) is 3.86. The molecule has 0 aromatic heterocycles. The molecule has 0 aliphatic carbocycles. The van der Waals surface area contributed by atoms with Crippen LogP contribution in [0, 0.1) is 12.8 Å². The molecule has 0 N–H and O–H groups in total. The smallest absolute Gasteiger partial charge is 0.309 e. The number of piperidine rings is 1. The third-order valence-corrected chi connectivity index (χ3v) is 5.57. The number of morpholine rings is 1. The second-order valence-electron chi connectivity index (χ2n) is 7.44. The van der Waals surface area contributed by atoms with E-state index in [-0.39, 0.29) is 30.3 Å². The molecule has 2 heterocycles. The van der Waals surface area contributed by atoms with E-state index in [4.69, 9.17) is 9.47 Å². The maximum Gasteiger partial charge on any atom is 0.309 e. The summed E-state index contributed by atoms with van der Waals surface area (Å²) in [5.74, 6) is -0.623. The van der Waals surface area contributed by atoms with Crippen LogP contribution >= 0.6 is 0 Å². The Labute approximate surface area is 165 Å². The van der Waals surface area contributed by atoms with Crippen molar-refractivity contribution in [3.63, 3.8) is 0 Å². The lowest BCUT2D eigenvalue weighted by Gasteiger charge is -2.41. The Morgan fingerprint density at radius 3 is 2.43 bits per heavy atom. The first kappa shape index (κ1) is 20.3. The summed E-state index contributed by atoms with van der Waals surface area (Å²) in [6.45, 7) is 5.02. The van der Waals surface area contributed by atoms with Crippen LogP contribution in [0.1, 0.15) is 36.9 Å². The van der Waals surface area contributed by atoms with Gasteiger partial charge in [0.25, 0.3) is 5.91 Å². The minimum Gasteiger partial charge on any atom is -0.466 e. The van der Waals surface area contributed by atoms with Crippen molar-refractivity contribution in [3.8, 4) is 0 Å². The summed E-state index contributed by atoms with van der Waals surface area (Å²) in [5.41, 5.74) is 1.99. The average molecular weight is 388 g/mol. The van der Waals surface area contributed by atoms with Gasteiger partial charge in [-0.05, 0) is 32.3 Å². The minimum atomic E-state index is -0.746. The van der Waals surface area contributed by atoms with Gasteiger partial charge in [0.05, 0.1) is 18.6 Å². The molecule has 2 amide bonds. The molecule has 0 radical (unpaired) electrons. The van der Waals surface area contributed by atoms with Crippen molar-refractivity contribution in [1.82, 2.24) is 9.80 Å². The molecular formula is C21H28N2O5. The van der Waals surface area contributed by atoms with Crippen LogP contribution < -0.4 is 0 Å². The number of likely N-dealkylation sites (tertiary alicyclic amines) is 1. The number of amides is 2. The Balaban J connectivity index is 1.73. The standard InChI is InChI=1S/C21H28N2O5/c1-4-27-21(26)16-9-11-23(12-10-16)20(25)19-18(22(3)17(24)13-28-19)15-7-5-14(2)6-8-15/h5-8,16,18-19H,4,9-13H2,1-3H3. The number of carbonyl (C=O) groups is 3. The molecule has 28 heavy (non-hydrogen) atoms. The SMILES string of the molecule is CCOC(=O)C1CCN(C(=O)C2OCC(=O)N(C)C2c2ccc(C)cc2)CC1. The molecule has 0 spiro atoms. The van der Waals surface area contributed by atoms with Gasteiger partial charge in [0.15, 0.2) is 6.10 Å². The van der Waals surface area contributed by atoms with Gasteiger partial charge < -0.3 is 19.3 Å². The maximum absolute atomic E-state index is 13.2. The normalized spacial score (nSPS) is 23.6. The molecule has 2 unspecified atom stereocenters. The number of nitrogens with zero attached hydrogens (tertiary/aromatic N) is 2. The Kier molecular flexibility index (Phi) is 6.34. The van der Waals surface area contributed by atoms with Crippen LogP contribution in [-0.2, 0) is 23.9 Å². The Hall–Kier alpha value is -2.41. The van der Waals surface area contributed by atoms with Crippen molar-refractivity contribution in [3.05, 3.63) is 35.4 Å². The molecule has 3 rings (SSSR count). The molecule has 7 nitrogen and oxygen atoms in total. The fourth-order valence-corrected chi connectivity index (χ4v) is 3.86. The Morgan fingerprint density at radius 1 is 1.18 bits per heavy atom. The van der Waals surface area contributed by atoms with Crippen LogP contribution in [0.5, 0.6) is 0 Å². The van der Waals surface area contributed by atoms with Crippen LogP contribution in [-0.4, -0.2) is 67.0 Å². The summed E-state index contributed by atoms with van der Waals surface area (Å²) in [6, 6.07) is 7.35. The first-order chi connectivity index (χ1) is 13.4. The van der Waals surface area contributed by atoms with Crippen LogP contribution in [0.15, 0.2) is 24.3 Å². The van der Waals surface area contributed by atoms with E-state index in [1.165, 1.54) is 0 Å². The van der Waals surface area contributed by atoms with Crippen LogP contribution in [0.4, 0.5) is 0 Å². The van der Waals surface area contributed by atoms with E-state index in [0.717, 1.165) is 11.1 Å². The zero-order chi connectivity index (χ0) is 20.3. The minimum absolute atomic E-state index is 0.103. The van der Waals surface area contributed by atoms with Gasteiger partial charge in [-0.3, -0.25) is 14.4 Å². The van der Waals surface area contributed by atoms with Gasteiger partial charge in [0.2, 0.25) is 5.91 Å². The predicted octanol–water partition coefficient (Wildman–Crippen LogP) is 1.70. The Morgan fingerprint density at radius 2 is 1.82 bits per heavy atom. The summed E-state index contributed by atoms with van der Waals surface area (Å²) in [6.07, 6.45) is 0.423. The second-order valence-corrected chi connectivity index (χ2v) is 7.44. The highest BCUT2D eigenvalue weighted by Crippen LogP contribution is 2.31. The number of ether oxygens (including phenoxy) is 2. The van der Waals surface area contributed by atoms with Crippen molar-refractivity contribution >= 4 is 17.8 Å². The predicted molar refractivity (Wildman–Crippen MR) is 102 cm³/mol. The number of carbonyl (C=O) groups excluding carboxylic acids is 3. The van der Waals surface area contributed by atoms with Crippen molar-refractivity contribution < 1.29 is 23.9 Å². The lowest BCUT2D eigenvalue weighted by atomic mass is 9.93. The zero-order valence-electron chi connectivity index (χ0n) is 16.7. The van der Waals surface area contributed by atoms with Crippen molar-refractivity contribution in [1.29, 1.82) is 0 Å². The van der Waals surface area contributed by atoms with Gasteiger partial charge >= 0.3 is 5.97 Å². The van der Waals surface area contributed by atoms with E-state index in [0.29, 0.717) is 32.5 Å². The second kappa shape index (κ2) is 8.73. The summed E-state index contributed by atoms with van der Waals surface area (Å²) in [4.78, 5) is 40.7. The van der Waals surface area contributed by atoms with Gasteiger partial charge in [-0.1, -0.05) is 29.8 Å². The van der Waals surface area contributed by atoms with Crippen LogP contribution in [0.25, 0.3) is 0 Å². The van der Waals surface area contributed by atoms with Crippen molar-refractivity contribution in [2.24, 2.45) is 5.92 Å². The van der Waals surface area contributed by atoms with Gasteiger partial charge in [-0.15, -0.1) is 0 Å². The Bertz CT molecular complexity index is 725. The molecule has 2 aliphatic heterocycles. The number of benzene rings is 1. The molecule has 0 saturated carbocycles. The zero-order valence-corrected chi connectivity index (χ0v) is 16.7. The highest BCUT2D eigenvalue weighted by Gasteiger charge is 2.42. The summed E-state index contributed by atoms with van der Waals surface area (Å²) in [5, 5.41) is 0. The van der Waals surface area contributed by atoms with E-state index in [1.807, 2.05) is 31.2 Å². The lowest BCUT2D eigenvalue weighted by molar-refractivity contribution is -0.169. The van der Waals surface area contributed by atoms with Crippen molar-refractivity contribution in [2.75, 3.05) is 33.4 Å². The van der Waals surface area contributed by atoms with E-state index >= 15 is 0 Å². The first-order valence-corrected chi connectivity index (χ1v) is 9.81. The first-order valence-electron chi connectivity index (χ1n) is 9.81. The number of aryl methyl sites for hydroxylation is 1. The molecule has 2 saturated heterocycles. The number of likely N-dealkylation sites (N-methyl/N-ethyl adjacent to an activating group) is 1. The van der Waals surface area contributed by atoms with Crippen LogP contribution in [0.3, 0.4) is 0 Å². The van der Waals surface area contributed by atoms with E-state index < -0.39 is 12.1 Å². The average Bonchev–Trinajstić information content (AvgIpc) is 2.70. The molecule has 1 aromatic rings. The number of hydrogen-bond donors (Lipinski definition) is 0. The largest absolute Gasteiger partial charge is 0.466 e. The topological polar surface area (TPSA) is 76.1 Å². The molecule has 0 bridgehead atoms. The van der Waals surface area contributed by atoms with Gasteiger partial charge in [-0.2, -0.15) is 0 Å². The van der Waals surface area contributed by atoms with Gasteiger partial charge in [-0.25, -0.2) is 0 Å². The monoisotopic (exact) mass is 388 g/mol. The van der Waals surface area contributed by atoms with Crippen molar-refractivity contribution in [2.45, 2.75) is 38.8 Å². The maximum atomic E-state index is 13.2.